The first-order valence-corrected chi connectivity index (χ1v) is 6.78. The minimum absolute atomic E-state index is 0.280. The molecule has 1 unspecified atom stereocenters. The van der Waals surface area contributed by atoms with E-state index in [1.54, 1.807) is 24.3 Å². The predicted molar refractivity (Wildman–Crippen MR) is 78.2 cm³/mol. The van der Waals surface area contributed by atoms with Gasteiger partial charge in [-0.05, 0) is 48.4 Å². The molecule has 0 aliphatic rings. The molecule has 1 aromatic heterocycles. The van der Waals surface area contributed by atoms with Crippen molar-refractivity contribution in [1.82, 2.24) is 0 Å². The van der Waals surface area contributed by atoms with Crippen LogP contribution in [0.1, 0.15) is 17.4 Å². The van der Waals surface area contributed by atoms with Crippen LogP contribution in [0.15, 0.2) is 46.9 Å². The van der Waals surface area contributed by atoms with Gasteiger partial charge in [0.15, 0.2) is 0 Å². The Morgan fingerprint density at radius 1 is 1.05 bits per heavy atom. The third-order valence-corrected chi connectivity index (χ3v) is 3.48. The molecule has 0 bridgehead atoms. The fourth-order valence-corrected chi connectivity index (χ4v) is 2.48. The second-order valence-electron chi connectivity index (χ2n) is 4.92. The maximum absolute atomic E-state index is 13.2. The fraction of sp³-hybridized carbons (Fsp3) is 0.125. The lowest BCUT2D eigenvalue weighted by Gasteiger charge is -2.08. The molecular weight excluding hydrogens is 296 g/mol. The quantitative estimate of drug-likeness (QED) is 0.767. The summed E-state index contributed by atoms with van der Waals surface area (Å²) >= 11 is 5.92. The second-order valence-corrected chi connectivity index (χ2v) is 5.36. The first-order chi connectivity index (χ1) is 10.0. The van der Waals surface area contributed by atoms with Crippen LogP contribution in [0.25, 0.3) is 11.0 Å². The zero-order valence-electron chi connectivity index (χ0n) is 10.9. The molecule has 3 rings (SSSR count). The molecule has 5 heteroatoms. The number of hydrogen-bond acceptors (Lipinski definition) is 2. The summed E-state index contributed by atoms with van der Waals surface area (Å²) in [5, 5.41) is 1.45. The first-order valence-electron chi connectivity index (χ1n) is 6.41. The van der Waals surface area contributed by atoms with E-state index < -0.39 is 17.7 Å². The van der Waals surface area contributed by atoms with Crippen molar-refractivity contribution in [2.75, 3.05) is 0 Å². The SMILES string of the molecule is NC(Cc1cc(F)cc(F)c1)c1cc2cc(Cl)ccc2o1. The minimum Gasteiger partial charge on any atom is -0.459 e. The molecule has 2 N–H and O–H groups in total. The summed E-state index contributed by atoms with van der Waals surface area (Å²) in [5.41, 5.74) is 7.22. The molecule has 0 radical (unpaired) electrons. The van der Waals surface area contributed by atoms with E-state index in [0.717, 1.165) is 11.5 Å². The number of nitrogens with two attached hydrogens (primary N) is 1. The molecule has 0 aliphatic carbocycles. The van der Waals surface area contributed by atoms with Gasteiger partial charge >= 0.3 is 0 Å². The molecule has 2 aromatic carbocycles. The van der Waals surface area contributed by atoms with Crippen LogP contribution in [0.3, 0.4) is 0 Å². The third-order valence-electron chi connectivity index (χ3n) is 3.24. The fourth-order valence-electron chi connectivity index (χ4n) is 2.30. The van der Waals surface area contributed by atoms with Crippen molar-refractivity contribution < 1.29 is 13.2 Å². The van der Waals surface area contributed by atoms with Gasteiger partial charge in [-0.1, -0.05) is 11.6 Å². The highest BCUT2D eigenvalue weighted by molar-refractivity contribution is 6.31. The van der Waals surface area contributed by atoms with Gasteiger partial charge in [0, 0.05) is 16.5 Å². The molecule has 0 aliphatic heterocycles. The lowest BCUT2D eigenvalue weighted by molar-refractivity contribution is 0.492. The van der Waals surface area contributed by atoms with Crippen molar-refractivity contribution >= 4 is 22.6 Å². The topological polar surface area (TPSA) is 39.2 Å². The normalized spacial score (nSPS) is 12.8. The van der Waals surface area contributed by atoms with Crippen molar-refractivity contribution in [2.24, 2.45) is 5.73 Å². The Balaban J connectivity index is 1.87. The zero-order valence-corrected chi connectivity index (χ0v) is 11.7. The van der Waals surface area contributed by atoms with Crippen molar-refractivity contribution in [1.29, 1.82) is 0 Å². The number of hydrogen-bond donors (Lipinski definition) is 1. The van der Waals surface area contributed by atoms with Crippen molar-refractivity contribution in [3.05, 3.63) is 70.4 Å². The van der Waals surface area contributed by atoms with Gasteiger partial charge in [-0.2, -0.15) is 0 Å². The van der Waals surface area contributed by atoms with Crippen LogP contribution < -0.4 is 5.73 Å². The molecule has 0 fully saturated rings. The van der Waals surface area contributed by atoms with Gasteiger partial charge in [-0.15, -0.1) is 0 Å². The molecule has 0 amide bonds. The molecule has 1 atom stereocenters. The summed E-state index contributed by atoms with van der Waals surface area (Å²) in [7, 11) is 0. The minimum atomic E-state index is -0.617. The van der Waals surface area contributed by atoms with Crippen molar-refractivity contribution in [2.45, 2.75) is 12.5 Å². The maximum Gasteiger partial charge on any atom is 0.134 e. The Morgan fingerprint density at radius 3 is 2.48 bits per heavy atom. The summed E-state index contributed by atoms with van der Waals surface area (Å²) in [6.07, 6.45) is 0.280. The number of benzene rings is 2. The van der Waals surface area contributed by atoms with Gasteiger partial charge in [0.05, 0.1) is 6.04 Å². The average molecular weight is 308 g/mol. The van der Waals surface area contributed by atoms with E-state index in [4.69, 9.17) is 21.8 Å². The van der Waals surface area contributed by atoms with E-state index in [-0.39, 0.29) is 6.42 Å². The molecular formula is C16H12ClF2NO. The second kappa shape index (κ2) is 5.47. The van der Waals surface area contributed by atoms with E-state index in [1.807, 2.05) is 0 Å². The first kappa shape index (κ1) is 14.0. The molecule has 0 saturated carbocycles. The third kappa shape index (κ3) is 3.06. The highest BCUT2D eigenvalue weighted by atomic mass is 35.5. The van der Waals surface area contributed by atoms with E-state index in [2.05, 4.69) is 0 Å². The number of rotatable bonds is 3. The van der Waals surface area contributed by atoms with Crippen LogP contribution in [0.5, 0.6) is 0 Å². The Bertz CT molecular complexity index is 780. The molecule has 0 spiro atoms. The lowest BCUT2D eigenvalue weighted by atomic mass is 10.0. The summed E-state index contributed by atoms with van der Waals surface area (Å²) in [6, 6.07) is 9.93. The van der Waals surface area contributed by atoms with Crippen molar-refractivity contribution in [3.8, 4) is 0 Å². The van der Waals surface area contributed by atoms with Crippen molar-refractivity contribution in [3.63, 3.8) is 0 Å². The monoisotopic (exact) mass is 307 g/mol. The van der Waals surface area contributed by atoms with Gasteiger partial charge < -0.3 is 10.2 Å². The number of fused-ring (bicyclic) bond motifs is 1. The summed E-state index contributed by atoms with van der Waals surface area (Å²) in [4.78, 5) is 0. The van der Waals surface area contributed by atoms with Crippen LogP contribution >= 0.6 is 11.6 Å². The van der Waals surface area contributed by atoms with Crippen LogP contribution in [0, 0.1) is 11.6 Å². The van der Waals surface area contributed by atoms with Gasteiger partial charge in [-0.3, -0.25) is 0 Å². The zero-order chi connectivity index (χ0) is 15.0. The summed E-state index contributed by atoms with van der Waals surface area (Å²) in [5.74, 6) is -0.681. The maximum atomic E-state index is 13.2. The Kier molecular flexibility index (Phi) is 3.66. The molecule has 108 valence electrons. The highest BCUT2D eigenvalue weighted by Gasteiger charge is 2.14. The molecule has 1 heterocycles. The van der Waals surface area contributed by atoms with Gasteiger partial charge in [0.1, 0.15) is 23.0 Å². The summed E-state index contributed by atoms with van der Waals surface area (Å²) in [6.45, 7) is 0. The van der Waals surface area contributed by atoms with E-state index in [1.165, 1.54) is 12.1 Å². The molecule has 2 nitrogen and oxygen atoms in total. The molecule has 3 aromatic rings. The van der Waals surface area contributed by atoms with Crippen LogP contribution in [-0.4, -0.2) is 0 Å². The van der Waals surface area contributed by atoms with Gasteiger partial charge in [0.25, 0.3) is 0 Å². The van der Waals surface area contributed by atoms with E-state index >= 15 is 0 Å². The Morgan fingerprint density at radius 2 is 1.76 bits per heavy atom. The molecule has 21 heavy (non-hydrogen) atoms. The Labute approximate surface area is 125 Å². The van der Waals surface area contributed by atoms with Gasteiger partial charge in [-0.25, -0.2) is 8.78 Å². The standard InChI is InChI=1S/C16H12ClF2NO/c17-11-1-2-15-10(6-11)7-16(21-15)14(20)5-9-3-12(18)8-13(19)4-9/h1-4,6-8,14H,5,20H2. The predicted octanol–water partition coefficient (Wildman–Crippen LogP) is 4.61. The highest BCUT2D eigenvalue weighted by Crippen LogP contribution is 2.27. The Hall–Kier alpha value is -1.91. The lowest BCUT2D eigenvalue weighted by Crippen LogP contribution is -2.12. The average Bonchev–Trinajstić information content (AvgIpc) is 2.80. The summed E-state index contributed by atoms with van der Waals surface area (Å²) < 4.78 is 32.0. The smallest absolute Gasteiger partial charge is 0.134 e. The van der Waals surface area contributed by atoms with Crippen LogP contribution in [0.2, 0.25) is 5.02 Å². The van der Waals surface area contributed by atoms with E-state index in [9.17, 15) is 8.78 Å². The van der Waals surface area contributed by atoms with E-state index in [0.29, 0.717) is 21.9 Å². The van der Waals surface area contributed by atoms with Crippen LogP contribution in [0.4, 0.5) is 8.78 Å². The molecule has 0 saturated heterocycles. The number of halogens is 3. The van der Waals surface area contributed by atoms with Crippen LogP contribution in [-0.2, 0) is 6.42 Å². The number of furan rings is 1. The van der Waals surface area contributed by atoms with Gasteiger partial charge in [0.2, 0.25) is 0 Å². The largest absolute Gasteiger partial charge is 0.459 e.